The predicted octanol–water partition coefficient (Wildman–Crippen LogP) is 0.220. The maximum atomic E-state index is 12.2. The number of hydrogen-bond donors (Lipinski definition) is 1. The fraction of sp³-hybridized carbons (Fsp3) is 0.462. The van der Waals surface area contributed by atoms with E-state index in [1.165, 1.54) is 18.3 Å². The Bertz CT molecular complexity index is 664. The molecule has 1 aromatic heterocycles. The van der Waals surface area contributed by atoms with Crippen molar-refractivity contribution in [1.82, 2.24) is 14.6 Å². The highest BCUT2D eigenvalue weighted by Crippen LogP contribution is 2.14. The van der Waals surface area contributed by atoms with Crippen LogP contribution in [0.4, 0.5) is 0 Å². The molecule has 1 saturated heterocycles. The molecule has 0 saturated carbocycles. The van der Waals surface area contributed by atoms with Crippen LogP contribution >= 0.6 is 0 Å². The summed E-state index contributed by atoms with van der Waals surface area (Å²) in [4.78, 5) is 5.82. The summed E-state index contributed by atoms with van der Waals surface area (Å²) in [5.74, 6) is 0. The average molecular weight is 305 g/mol. The Labute approximate surface area is 123 Å². The monoisotopic (exact) mass is 305 g/mol. The molecule has 1 fully saturated rings. The van der Waals surface area contributed by atoms with E-state index in [1.54, 1.807) is 0 Å². The topological polar surface area (TPSA) is 110 Å². The van der Waals surface area contributed by atoms with Crippen LogP contribution in [0, 0.1) is 22.7 Å². The average Bonchev–Trinajstić information content (AvgIpc) is 2.49. The number of likely N-dealkylation sites (tertiary alicyclic amines) is 1. The summed E-state index contributed by atoms with van der Waals surface area (Å²) in [6.07, 6.45) is 2.53. The van der Waals surface area contributed by atoms with E-state index >= 15 is 0 Å². The first kappa shape index (κ1) is 15.4. The SMILES string of the molecule is N#CCN1CCC(NS(=O)(=O)c2ccc(C#N)nc2)CC1. The third-order valence-corrected chi connectivity index (χ3v) is 4.87. The van der Waals surface area contributed by atoms with Crippen molar-refractivity contribution in [3.8, 4) is 12.1 Å². The highest BCUT2D eigenvalue weighted by Gasteiger charge is 2.24. The van der Waals surface area contributed by atoms with Crippen LogP contribution in [0.25, 0.3) is 0 Å². The molecular weight excluding hydrogens is 290 g/mol. The van der Waals surface area contributed by atoms with Crippen molar-refractivity contribution in [1.29, 1.82) is 10.5 Å². The first-order valence-electron chi connectivity index (χ1n) is 6.53. The molecule has 0 atom stereocenters. The molecule has 110 valence electrons. The molecule has 7 nitrogen and oxygen atoms in total. The van der Waals surface area contributed by atoms with Crippen molar-refractivity contribution in [2.45, 2.75) is 23.8 Å². The first-order chi connectivity index (χ1) is 10.0. The Morgan fingerprint density at radius 1 is 1.33 bits per heavy atom. The number of nitrogens with one attached hydrogen (secondary N) is 1. The van der Waals surface area contributed by atoms with Gasteiger partial charge in [0.25, 0.3) is 0 Å². The molecule has 1 aliphatic heterocycles. The molecule has 21 heavy (non-hydrogen) atoms. The molecule has 0 bridgehead atoms. The second-order valence-electron chi connectivity index (χ2n) is 4.82. The van der Waals surface area contributed by atoms with E-state index in [4.69, 9.17) is 10.5 Å². The lowest BCUT2D eigenvalue weighted by molar-refractivity contribution is 0.229. The van der Waals surface area contributed by atoms with E-state index < -0.39 is 10.0 Å². The van der Waals surface area contributed by atoms with Crippen LogP contribution in [0.3, 0.4) is 0 Å². The molecule has 1 N–H and O–H groups in total. The van der Waals surface area contributed by atoms with Gasteiger partial charge in [-0.25, -0.2) is 18.1 Å². The summed E-state index contributed by atoms with van der Waals surface area (Å²) in [6, 6.07) is 6.55. The zero-order chi connectivity index (χ0) is 15.3. The van der Waals surface area contributed by atoms with Gasteiger partial charge in [-0.15, -0.1) is 0 Å². The van der Waals surface area contributed by atoms with E-state index in [2.05, 4.69) is 15.8 Å². The Balaban J connectivity index is 1.99. The van der Waals surface area contributed by atoms with Gasteiger partial charge in [0.1, 0.15) is 16.7 Å². The summed E-state index contributed by atoms with van der Waals surface area (Å²) < 4.78 is 27.1. The van der Waals surface area contributed by atoms with Gasteiger partial charge in [0.05, 0.1) is 12.6 Å². The van der Waals surface area contributed by atoms with Gasteiger partial charge in [-0.3, -0.25) is 4.90 Å². The molecule has 1 aliphatic rings. The van der Waals surface area contributed by atoms with Crippen molar-refractivity contribution in [3.05, 3.63) is 24.0 Å². The number of pyridine rings is 1. The number of nitrogens with zero attached hydrogens (tertiary/aromatic N) is 4. The van der Waals surface area contributed by atoms with Gasteiger partial charge in [-0.05, 0) is 25.0 Å². The van der Waals surface area contributed by atoms with Gasteiger partial charge in [0, 0.05) is 25.3 Å². The van der Waals surface area contributed by atoms with Crippen LogP contribution in [0.1, 0.15) is 18.5 Å². The summed E-state index contributed by atoms with van der Waals surface area (Å²) in [6.45, 7) is 1.78. The Morgan fingerprint density at radius 2 is 2.05 bits per heavy atom. The highest BCUT2D eigenvalue weighted by atomic mass is 32.2. The maximum absolute atomic E-state index is 12.2. The van der Waals surface area contributed by atoms with Crippen molar-refractivity contribution in [3.63, 3.8) is 0 Å². The van der Waals surface area contributed by atoms with Crippen LogP contribution in [0.15, 0.2) is 23.2 Å². The third kappa shape index (κ3) is 3.99. The molecular formula is C13H15N5O2S. The molecule has 8 heteroatoms. The third-order valence-electron chi connectivity index (χ3n) is 3.36. The van der Waals surface area contributed by atoms with Gasteiger partial charge < -0.3 is 0 Å². The normalized spacial score (nSPS) is 17.0. The largest absolute Gasteiger partial charge is 0.290 e. The summed E-state index contributed by atoms with van der Waals surface area (Å²) in [5.41, 5.74) is 0.179. The fourth-order valence-electron chi connectivity index (χ4n) is 2.20. The molecule has 0 spiro atoms. The molecule has 0 amide bonds. The van der Waals surface area contributed by atoms with E-state index in [1.807, 2.05) is 11.0 Å². The standard InChI is InChI=1S/C13H15N5O2S/c14-5-8-18-6-3-11(4-7-18)17-21(19,20)13-2-1-12(9-15)16-10-13/h1-2,10-11,17H,3-4,6-8H2. The lowest BCUT2D eigenvalue weighted by Gasteiger charge is -2.30. The van der Waals surface area contributed by atoms with Gasteiger partial charge in [0.15, 0.2) is 0 Å². The van der Waals surface area contributed by atoms with Gasteiger partial charge in [0.2, 0.25) is 10.0 Å². The van der Waals surface area contributed by atoms with Crippen LogP contribution in [-0.4, -0.2) is 44.0 Å². The minimum Gasteiger partial charge on any atom is -0.290 e. The summed E-state index contributed by atoms with van der Waals surface area (Å²) >= 11 is 0. The number of nitriles is 2. The smallest absolute Gasteiger partial charge is 0.242 e. The van der Waals surface area contributed by atoms with Crippen molar-refractivity contribution in [2.24, 2.45) is 0 Å². The Kier molecular flexibility index (Phi) is 4.86. The molecule has 0 unspecified atom stereocenters. The van der Waals surface area contributed by atoms with Crippen LogP contribution < -0.4 is 4.72 Å². The van der Waals surface area contributed by atoms with Gasteiger partial charge in [-0.1, -0.05) is 0 Å². The van der Waals surface area contributed by atoms with E-state index in [0.29, 0.717) is 32.5 Å². The molecule has 0 radical (unpaired) electrons. The van der Waals surface area contributed by atoms with Crippen molar-refractivity contribution < 1.29 is 8.42 Å². The zero-order valence-corrected chi connectivity index (χ0v) is 12.2. The second-order valence-corrected chi connectivity index (χ2v) is 6.53. The molecule has 2 heterocycles. The second kappa shape index (κ2) is 6.64. The number of rotatable bonds is 4. The highest BCUT2D eigenvalue weighted by molar-refractivity contribution is 7.89. The number of piperidine rings is 1. The fourth-order valence-corrected chi connectivity index (χ4v) is 3.45. The Hall–Kier alpha value is -2.00. The maximum Gasteiger partial charge on any atom is 0.242 e. The van der Waals surface area contributed by atoms with Gasteiger partial charge in [-0.2, -0.15) is 10.5 Å². The summed E-state index contributed by atoms with van der Waals surface area (Å²) in [7, 11) is -3.62. The minimum absolute atomic E-state index is 0.0564. The van der Waals surface area contributed by atoms with Gasteiger partial charge >= 0.3 is 0 Å². The zero-order valence-electron chi connectivity index (χ0n) is 11.4. The predicted molar refractivity (Wildman–Crippen MR) is 74.3 cm³/mol. The summed E-state index contributed by atoms with van der Waals surface area (Å²) in [5, 5.41) is 17.3. The molecule has 1 aromatic rings. The molecule has 2 rings (SSSR count). The van der Waals surface area contributed by atoms with Crippen molar-refractivity contribution >= 4 is 10.0 Å². The first-order valence-corrected chi connectivity index (χ1v) is 8.01. The molecule has 0 aromatic carbocycles. The molecule has 0 aliphatic carbocycles. The minimum atomic E-state index is -3.62. The number of hydrogen-bond acceptors (Lipinski definition) is 6. The quantitative estimate of drug-likeness (QED) is 0.797. The number of sulfonamides is 1. The lowest BCUT2D eigenvalue weighted by Crippen LogP contribution is -2.44. The van der Waals surface area contributed by atoms with Crippen LogP contribution in [-0.2, 0) is 10.0 Å². The van der Waals surface area contributed by atoms with E-state index in [9.17, 15) is 8.42 Å². The lowest BCUT2D eigenvalue weighted by atomic mass is 10.1. The van der Waals surface area contributed by atoms with Crippen molar-refractivity contribution in [2.75, 3.05) is 19.6 Å². The van der Waals surface area contributed by atoms with E-state index in [0.717, 1.165) is 0 Å². The van der Waals surface area contributed by atoms with E-state index in [-0.39, 0.29) is 16.6 Å². The Morgan fingerprint density at radius 3 is 2.57 bits per heavy atom. The van der Waals surface area contributed by atoms with Crippen LogP contribution in [0.5, 0.6) is 0 Å². The number of aromatic nitrogens is 1. The van der Waals surface area contributed by atoms with Crippen LogP contribution in [0.2, 0.25) is 0 Å².